The Bertz CT molecular complexity index is 746. The normalized spacial score (nSPS) is 22.2. The van der Waals surface area contributed by atoms with Gasteiger partial charge >= 0.3 is 12.2 Å². The van der Waals surface area contributed by atoms with E-state index < -0.39 is 23.3 Å². The third-order valence-electron chi connectivity index (χ3n) is 4.90. The Kier molecular flexibility index (Phi) is 5.49. The van der Waals surface area contributed by atoms with Crippen LogP contribution in [0.3, 0.4) is 0 Å². The van der Waals surface area contributed by atoms with Crippen LogP contribution in [-0.4, -0.2) is 65.2 Å². The Morgan fingerprint density at radius 3 is 2.57 bits per heavy atom. The first-order valence-corrected chi connectivity index (χ1v) is 9.41. The molecule has 2 aliphatic rings. The molecule has 0 aromatic heterocycles. The van der Waals surface area contributed by atoms with E-state index in [1.807, 2.05) is 51.1 Å². The van der Waals surface area contributed by atoms with Crippen LogP contribution >= 0.6 is 0 Å². The van der Waals surface area contributed by atoms with E-state index in [1.54, 1.807) is 4.90 Å². The van der Waals surface area contributed by atoms with Crippen molar-refractivity contribution in [3.05, 3.63) is 35.9 Å². The van der Waals surface area contributed by atoms with Crippen LogP contribution in [0.15, 0.2) is 30.3 Å². The molecule has 1 aromatic carbocycles. The molecule has 1 spiro atoms. The first-order valence-electron chi connectivity index (χ1n) is 9.41. The molecule has 152 valence electrons. The number of rotatable bonds is 2. The van der Waals surface area contributed by atoms with Crippen molar-refractivity contribution in [2.75, 3.05) is 26.2 Å². The monoisotopic (exact) mass is 389 g/mol. The Morgan fingerprint density at radius 1 is 1.18 bits per heavy atom. The highest BCUT2D eigenvalue weighted by molar-refractivity contribution is 5.84. The zero-order valence-electron chi connectivity index (χ0n) is 16.6. The number of hydrogen-bond acceptors (Lipinski definition) is 5. The number of piperazine rings is 1. The van der Waals surface area contributed by atoms with Crippen molar-refractivity contribution in [1.82, 2.24) is 15.1 Å². The van der Waals surface area contributed by atoms with Crippen LogP contribution in [0.5, 0.6) is 0 Å². The highest BCUT2D eigenvalue weighted by Gasteiger charge is 2.50. The molecule has 2 saturated heterocycles. The van der Waals surface area contributed by atoms with Crippen LogP contribution in [0.4, 0.5) is 9.59 Å². The van der Waals surface area contributed by atoms with Crippen LogP contribution in [0, 0.1) is 0 Å². The van der Waals surface area contributed by atoms with Crippen molar-refractivity contribution < 1.29 is 23.9 Å². The van der Waals surface area contributed by atoms with Gasteiger partial charge in [-0.2, -0.15) is 0 Å². The number of ether oxygens (including phenoxy) is 2. The van der Waals surface area contributed by atoms with Crippen molar-refractivity contribution in [1.29, 1.82) is 0 Å². The predicted octanol–water partition coefficient (Wildman–Crippen LogP) is 2.13. The molecule has 0 saturated carbocycles. The number of likely N-dealkylation sites (tertiary alicyclic amines) is 1. The second-order valence-corrected chi connectivity index (χ2v) is 8.28. The molecule has 2 heterocycles. The van der Waals surface area contributed by atoms with E-state index in [0.717, 1.165) is 5.56 Å². The standard InChI is InChI=1S/C20H27N3O5/c1-19(2,3)28-17(25)22-10-9-20(14-22)13-21-16(24)11-23(20)18(26)27-12-15-7-5-4-6-8-15/h4-8H,9-14H2,1-3H3,(H,21,24). The summed E-state index contributed by atoms with van der Waals surface area (Å²) < 4.78 is 10.9. The van der Waals surface area contributed by atoms with E-state index >= 15 is 0 Å². The van der Waals surface area contributed by atoms with Gasteiger partial charge in [-0.3, -0.25) is 9.69 Å². The summed E-state index contributed by atoms with van der Waals surface area (Å²) >= 11 is 0. The molecule has 1 unspecified atom stereocenters. The zero-order valence-corrected chi connectivity index (χ0v) is 16.6. The van der Waals surface area contributed by atoms with Crippen LogP contribution in [0.2, 0.25) is 0 Å². The number of nitrogens with one attached hydrogen (secondary N) is 1. The molecule has 28 heavy (non-hydrogen) atoms. The lowest BCUT2D eigenvalue weighted by atomic mass is 9.94. The number of hydrogen-bond donors (Lipinski definition) is 1. The summed E-state index contributed by atoms with van der Waals surface area (Å²) in [7, 11) is 0. The van der Waals surface area contributed by atoms with Gasteiger partial charge in [0.2, 0.25) is 5.91 Å². The Hall–Kier alpha value is -2.77. The molecule has 2 fully saturated rings. The van der Waals surface area contributed by atoms with E-state index in [4.69, 9.17) is 9.47 Å². The number of amides is 3. The lowest BCUT2D eigenvalue weighted by Crippen LogP contribution is -2.66. The van der Waals surface area contributed by atoms with Crippen molar-refractivity contribution >= 4 is 18.1 Å². The molecular weight excluding hydrogens is 362 g/mol. The minimum Gasteiger partial charge on any atom is -0.445 e. The maximum atomic E-state index is 12.8. The average Bonchev–Trinajstić information content (AvgIpc) is 3.06. The molecule has 3 rings (SSSR count). The SMILES string of the molecule is CC(C)(C)OC(=O)N1CCC2(CNC(=O)CN2C(=O)OCc2ccccc2)C1. The molecule has 1 N–H and O–H groups in total. The fraction of sp³-hybridized carbons (Fsp3) is 0.550. The van der Waals surface area contributed by atoms with Gasteiger partial charge in [0.25, 0.3) is 0 Å². The van der Waals surface area contributed by atoms with Gasteiger partial charge in [-0.05, 0) is 32.8 Å². The van der Waals surface area contributed by atoms with Gasteiger partial charge in [0.1, 0.15) is 18.8 Å². The third kappa shape index (κ3) is 4.55. The van der Waals surface area contributed by atoms with E-state index in [9.17, 15) is 14.4 Å². The molecule has 2 aliphatic heterocycles. The van der Waals surface area contributed by atoms with Crippen LogP contribution in [0.1, 0.15) is 32.8 Å². The predicted molar refractivity (Wildman–Crippen MR) is 101 cm³/mol. The van der Waals surface area contributed by atoms with Crippen molar-refractivity contribution in [3.8, 4) is 0 Å². The molecule has 8 heteroatoms. The van der Waals surface area contributed by atoms with E-state index in [2.05, 4.69) is 5.32 Å². The maximum Gasteiger partial charge on any atom is 0.411 e. The van der Waals surface area contributed by atoms with Gasteiger partial charge in [0, 0.05) is 19.6 Å². The molecule has 0 aliphatic carbocycles. The molecule has 0 bridgehead atoms. The van der Waals surface area contributed by atoms with Gasteiger partial charge in [0.15, 0.2) is 0 Å². The summed E-state index contributed by atoms with van der Waals surface area (Å²) in [6.45, 7) is 6.50. The summed E-state index contributed by atoms with van der Waals surface area (Å²) in [6, 6.07) is 9.36. The van der Waals surface area contributed by atoms with Crippen molar-refractivity contribution in [2.45, 2.75) is 44.9 Å². The van der Waals surface area contributed by atoms with Gasteiger partial charge in [-0.15, -0.1) is 0 Å². The fourth-order valence-corrected chi connectivity index (χ4v) is 3.48. The van der Waals surface area contributed by atoms with Gasteiger partial charge in [-0.1, -0.05) is 30.3 Å². The van der Waals surface area contributed by atoms with Crippen LogP contribution in [-0.2, 0) is 20.9 Å². The van der Waals surface area contributed by atoms with Gasteiger partial charge in [0.05, 0.1) is 5.54 Å². The van der Waals surface area contributed by atoms with Gasteiger partial charge in [-0.25, -0.2) is 9.59 Å². The van der Waals surface area contributed by atoms with Crippen LogP contribution in [0.25, 0.3) is 0 Å². The lowest BCUT2D eigenvalue weighted by Gasteiger charge is -2.43. The summed E-state index contributed by atoms with van der Waals surface area (Å²) in [5.41, 5.74) is -0.409. The van der Waals surface area contributed by atoms with E-state index in [0.29, 0.717) is 19.5 Å². The highest BCUT2D eigenvalue weighted by Crippen LogP contribution is 2.31. The van der Waals surface area contributed by atoms with Crippen LogP contribution < -0.4 is 5.32 Å². The Labute approximate surface area is 164 Å². The van der Waals surface area contributed by atoms with Gasteiger partial charge < -0.3 is 19.7 Å². The molecule has 1 aromatic rings. The smallest absolute Gasteiger partial charge is 0.411 e. The second kappa shape index (κ2) is 7.69. The lowest BCUT2D eigenvalue weighted by molar-refractivity contribution is -0.127. The Morgan fingerprint density at radius 2 is 1.89 bits per heavy atom. The van der Waals surface area contributed by atoms with Crippen molar-refractivity contribution in [3.63, 3.8) is 0 Å². The summed E-state index contributed by atoms with van der Waals surface area (Å²) in [5, 5.41) is 2.81. The first-order chi connectivity index (χ1) is 13.2. The summed E-state index contributed by atoms with van der Waals surface area (Å²) in [5.74, 6) is -0.238. The molecule has 3 amide bonds. The largest absolute Gasteiger partial charge is 0.445 e. The molecule has 0 radical (unpaired) electrons. The summed E-state index contributed by atoms with van der Waals surface area (Å²) in [6.07, 6.45) is -0.420. The number of nitrogens with zero attached hydrogens (tertiary/aromatic N) is 2. The summed E-state index contributed by atoms with van der Waals surface area (Å²) in [4.78, 5) is 40.2. The maximum absolute atomic E-state index is 12.8. The highest BCUT2D eigenvalue weighted by atomic mass is 16.6. The Balaban J connectivity index is 1.69. The average molecular weight is 389 g/mol. The molecular formula is C20H27N3O5. The quantitative estimate of drug-likeness (QED) is 0.837. The minimum atomic E-state index is -0.682. The molecule has 1 atom stereocenters. The second-order valence-electron chi connectivity index (χ2n) is 8.28. The number of carbonyl (C=O) groups excluding carboxylic acids is 3. The third-order valence-corrected chi connectivity index (χ3v) is 4.90. The van der Waals surface area contributed by atoms with Crippen molar-refractivity contribution in [2.24, 2.45) is 0 Å². The minimum absolute atomic E-state index is 0.0875. The zero-order chi connectivity index (χ0) is 20.4. The fourth-order valence-electron chi connectivity index (χ4n) is 3.48. The van der Waals surface area contributed by atoms with E-state index in [-0.39, 0.29) is 25.6 Å². The number of benzene rings is 1. The number of carbonyl (C=O) groups is 3. The van der Waals surface area contributed by atoms with E-state index in [1.165, 1.54) is 4.90 Å². The molecule has 8 nitrogen and oxygen atoms in total. The first kappa shape index (κ1) is 20.0. The topological polar surface area (TPSA) is 88.2 Å².